The highest BCUT2D eigenvalue weighted by atomic mass is 16.7. The summed E-state index contributed by atoms with van der Waals surface area (Å²) in [5.41, 5.74) is 1.48. The van der Waals surface area contributed by atoms with Crippen molar-refractivity contribution in [1.82, 2.24) is 0 Å². The van der Waals surface area contributed by atoms with E-state index in [0.717, 1.165) is 5.56 Å². The third kappa shape index (κ3) is 6.16. The van der Waals surface area contributed by atoms with E-state index in [1.165, 1.54) is 13.8 Å². The highest BCUT2D eigenvalue weighted by Crippen LogP contribution is 2.13. The molecule has 0 N–H and O–H groups in total. The Labute approximate surface area is 111 Å². The van der Waals surface area contributed by atoms with Gasteiger partial charge in [-0.1, -0.05) is 23.4 Å². The summed E-state index contributed by atoms with van der Waals surface area (Å²) in [7, 11) is 0. The van der Waals surface area contributed by atoms with Crippen LogP contribution >= 0.6 is 0 Å². The highest BCUT2D eigenvalue weighted by Gasteiger charge is 1.97. The molecule has 5 heteroatoms. The molecule has 0 atom stereocenters. The standard InChI is InChI=1S/C14H15NO4/c1-10(15-19-12(3)17)4-5-13-6-8-14(9-7-13)18-11(2)16/h4-9H,1-3H3/b5-4+,15-10-. The summed E-state index contributed by atoms with van der Waals surface area (Å²) in [5.74, 6) is -0.318. The summed E-state index contributed by atoms with van der Waals surface area (Å²) < 4.78 is 4.92. The van der Waals surface area contributed by atoms with E-state index >= 15 is 0 Å². The topological polar surface area (TPSA) is 65.0 Å². The van der Waals surface area contributed by atoms with Crippen LogP contribution in [0.3, 0.4) is 0 Å². The number of carbonyl (C=O) groups excluding carboxylic acids is 2. The summed E-state index contributed by atoms with van der Waals surface area (Å²) in [5, 5.41) is 3.61. The summed E-state index contributed by atoms with van der Waals surface area (Å²) in [4.78, 5) is 25.8. The minimum absolute atomic E-state index is 0.354. The van der Waals surface area contributed by atoms with Crippen molar-refractivity contribution in [1.29, 1.82) is 0 Å². The molecule has 0 saturated heterocycles. The smallest absolute Gasteiger partial charge is 0.331 e. The molecule has 0 aliphatic carbocycles. The summed E-state index contributed by atoms with van der Waals surface area (Å²) in [6.07, 6.45) is 3.52. The Morgan fingerprint density at radius 1 is 1.05 bits per heavy atom. The molecule has 0 spiro atoms. The average Bonchev–Trinajstić information content (AvgIpc) is 2.35. The van der Waals surface area contributed by atoms with Crippen LogP contribution in [0, 0.1) is 0 Å². The number of rotatable bonds is 4. The van der Waals surface area contributed by atoms with Crippen molar-refractivity contribution in [2.24, 2.45) is 5.16 Å². The number of allylic oxidation sites excluding steroid dienone is 1. The number of esters is 1. The van der Waals surface area contributed by atoms with E-state index in [2.05, 4.69) is 9.99 Å². The quantitative estimate of drug-likeness (QED) is 0.275. The Morgan fingerprint density at radius 2 is 1.68 bits per heavy atom. The lowest BCUT2D eigenvalue weighted by atomic mass is 10.2. The van der Waals surface area contributed by atoms with Crippen molar-refractivity contribution < 1.29 is 19.2 Å². The largest absolute Gasteiger partial charge is 0.427 e. The van der Waals surface area contributed by atoms with E-state index in [1.807, 2.05) is 0 Å². The zero-order valence-corrected chi connectivity index (χ0v) is 11.0. The number of ether oxygens (including phenoxy) is 1. The molecular formula is C14H15NO4. The van der Waals surface area contributed by atoms with Crippen LogP contribution in [0.25, 0.3) is 6.08 Å². The number of nitrogens with zero attached hydrogens (tertiary/aromatic N) is 1. The average molecular weight is 261 g/mol. The van der Waals surface area contributed by atoms with Gasteiger partial charge < -0.3 is 9.57 Å². The van der Waals surface area contributed by atoms with Crippen LogP contribution in [-0.4, -0.2) is 17.7 Å². The predicted octanol–water partition coefficient (Wildman–Crippen LogP) is 2.56. The fraction of sp³-hybridized carbons (Fsp3) is 0.214. The maximum absolute atomic E-state index is 10.7. The number of oxime groups is 1. The first-order valence-electron chi connectivity index (χ1n) is 5.66. The maximum Gasteiger partial charge on any atom is 0.331 e. The minimum atomic E-state index is -0.460. The Hall–Kier alpha value is -2.43. The van der Waals surface area contributed by atoms with Gasteiger partial charge in [0.2, 0.25) is 0 Å². The Kier molecular flexibility index (Phi) is 5.47. The first-order valence-corrected chi connectivity index (χ1v) is 5.66. The van der Waals surface area contributed by atoms with E-state index in [4.69, 9.17) is 4.74 Å². The van der Waals surface area contributed by atoms with Gasteiger partial charge in [0.25, 0.3) is 0 Å². The van der Waals surface area contributed by atoms with Crippen molar-refractivity contribution in [3.05, 3.63) is 35.9 Å². The minimum Gasteiger partial charge on any atom is -0.427 e. The van der Waals surface area contributed by atoms with E-state index in [0.29, 0.717) is 11.5 Å². The Balaban J connectivity index is 2.64. The molecule has 0 bridgehead atoms. The van der Waals surface area contributed by atoms with Gasteiger partial charge in [-0.2, -0.15) is 0 Å². The van der Waals surface area contributed by atoms with Gasteiger partial charge in [0, 0.05) is 13.8 Å². The molecule has 0 aliphatic heterocycles. The molecule has 0 amide bonds. The van der Waals surface area contributed by atoms with Crippen LogP contribution in [0.4, 0.5) is 0 Å². The van der Waals surface area contributed by atoms with Crippen molar-refractivity contribution in [2.45, 2.75) is 20.8 Å². The third-order valence-electron chi connectivity index (χ3n) is 1.98. The second kappa shape index (κ2) is 7.10. The van der Waals surface area contributed by atoms with Crippen LogP contribution in [0.2, 0.25) is 0 Å². The fourth-order valence-corrected chi connectivity index (χ4v) is 1.20. The molecule has 0 aromatic heterocycles. The van der Waals surface area contributed by atoms with Crippen molar-refractivity contribution in [3.63, 3.8) is 0 Å². The van der Waals surface area contributed by atoms with Crippen LogP contribution in [0.5, 0.6) is 5.75 Å². The van der Waals surface area contributed by atoms with Crippen LogP contribution in [0.1, 0.15) is 26.3 Å². The molecule has 1 rings (SSSR count). The summed E-state index contributed by atoms with van der Waals surface area (Å²) in [6, 6.07) is 6.99. The molecule has 19 heavy (non-hydrogen) atoms. The number of benzene rings is 1. The lowest BCUT2D eigenvalue weighted by Gasteiger charge is -2.00. The zero-order valence-electron chi connectivity index (χ0n) is 11.0. The first-order chi connectivity index (χ1) is 8.97. The van der Waals surface area contributed by atoms with Gasteiger partial charge >= 0.3 is 11.9 Å². The molecule has 0 heterocycles. The van der Waals surface area contributed by atoms with Gasteiger partial charge in [-0.25, -0.2) is 4.79 Å². The lowest BCUT2D eigenvalue weighted by molar-refractivity contribution is -0.141. The molecule has 0 unspecified atom stereocenters. The Morgan fingerprint density at radius 3 is 2.21 bits per heavy atom. The van der Waals surface area contributed by atoms with Gasteiger partial charge in [0.15, 0.2) is 0 Å². The second-order valence-corrected chi connectivity index (χ2v) is 3.81. The highest BCUT2D eigenvalue weighted by molar-refractivity contribution is 5.96. The lowest BCUT2D eigenvalue weighted by Crippen LogP contribution is -2.00. The van der Waals surface area contributed by atoms with E-state index in [9.17, 15) is 9.59 Å². The van der Waals surface area contributed by atoms with Crippen LogP contribution in [0.15, 0.2) is 35.5 Å². The molecule has 1 aromatic rings. The third-order valence-corrected chi connectivity index (χ3v) is 1.98. The number of hydrogen-bond acceptors (Lipinski definition) is 5. The molecule has 0 saturated carbocycles. The van der Waals surface area contributed by atoms with Crippen LogP contribution in [-0.2, 0) is 14.4 Å². The fourth-order valence-electron chi connectivity index (χ4n) is 1.20. The van der Waals surface area contributed by atoms with E-state index in [-0.39, 0.29) is 5.97 Å². The van der Waals surface area contributed by atoms with E-state index < -0.39 is 5.97 Å². The van der Waals surface area contributed by atoms with Gasteiger partial charge in [-0.15, -0.1) is 0 Å². The molecular weight excluding hydrogens is 246 g/mol. The second-order valence-electron chi connectivity index (χ2n) is 3.81. The van der Waals surface area contributed by atoms with Gasteiger partial charge in [0.05, 0.1) is 5.71 Å². The monoisotopic (exact) mass is 261 g/mol. The number of hydrogen-bond donors (Lipinski definition) is 0. The number of carbonyl (C=O) groups is 2. The molecule has 1 aromatic carbocycles. The first kappa shape index (κ1) is 14.6. The molecule has 0 radical (unpaired) electrons. The van der Waals surface area contributed by atoms with Crippen molar-refractivity contribution in [3.8, 4) is 5.75 Å². The maximum atomic E-state index is 10.7. The van der Waals surface area contributed by atoms with Gasteiger partial charge in [-0.3, -0.25) is 4.79 Å². The van der Waals surface area contributed by atoms with Gasteiger partial charge in [0.1, 0.15) is 5.75 Å². The van der Waals surface area contributed by atoms with Crippen molar-refractivity contribution >= 4 is 23.7 Å². The molecule has 0 fully saturated rings. The molecule has 0 aliphatic rings. The van der Waals surface area contributed by atoms with E-state index in [1.54, 1.807) is 43.3 Å². The van der Waals surface area contributed by atoms with Crippen LogP contribution < -0.4 is 4.74 Å². The molecule has 5 nitrogen and oxygen atoms in total. The summed E-state index contributed by atoms with van der Waals surface area (Å²) in [6.45, 7) is 4.35. The SMILES string of the molecule is CC(=O)O/N=C(C)\C=C\c1ccc(OC(C)=O)cc1. The van der Waals surface area contributed by atoms with Gasteiger partial charge in [-0.05, 0) is 30.7 Å². The molecule has 100 valence electrons. The summed E-state index contributed by atoms with van der Waals surface area (Å²) >= 11 is 0. The predicted molar refractivity (Wildman–Crippen MR) is 71.7 cm³/mol. The normalized spacial score (nSPS) is 11.4. The Bertz CT molecular complexity index is 515. The zero-order chi connectivity index (χ0) is 14.3. The van der Waals surface area contributed by atoms with Crippen molar-refractivity contribution in [2.75, 3.05) is 0 Å².